The fourth-order valence-corrected chi connectivity index (χ4v) is 7.08. The van der Waals surface area contributed by atoms with Crippen molar-refractivity contribution in [3.63, 3.8) is 0 Å². The number of furan rings is 2. The van der Waals surface area contributed by atoms with E-state index in [1.54, 1.807) is 0 Å². The van der Waals surface area contributed by atoms with Gasteiger partial charge in [0.1, 0.15) is 28.0 Å². The van der Waals surface area contributed by atoms with Crippen LogP contribution in [0.15, 0.2) is 167 Å². The van der Waals surface area contributed by atoms with E-state index in [2.05, 4.69) is 121 Å². The molecule has 0 N–H and O–H groups in total. The Morgan fingerprint density at radius 3 is 1.98 bits per heavy atom. The zero-order valence-electron chi connectivity index (χ0n) is 25.7. The van der Waals surface area contributed by atoms with Crippen LogP contribution in [0.25, 0.3) is 99.7 Å². The summed E-state index contributed by atoms with van der Waals surface area (Å²) in [5, 5.41) is 5.29. The molecular weight excluding hydrogens is 588 g/mol. The molecule has 0 bridgehead atoms. The first-order chi connectivity index (χ1) is 23.8. The molecule has 0 spiro atoms. The Hall–Kier alpha value is -6.52. The van der Waals surface area contributed by atoms with Crippen LogP contribution in [0.2, 0.25) is 0 Å². The molecule has 10 rings (SSSR count). The van der Waals surface area contributed by atoms with Gasteiger partial charge in [-0.05, 0) is 51.7 Å². The molecule has 3 aromatic heterocycles. The quantitative estimate of drug-likeness (QED) is 0.198. The Kier molecular flexibility index (Phi) is 5.84. The molecule has 0 fully saturated rings. The third-order valence-electron chi connectivity index (χ3n) is 9.31. The van der Waals surface area contributed by atoms with E-state index in [9.17, 15) is 0 Å². The lowest BCUT2D eigenvalue weighted by Crippen LogP contribution is -1.94. The van der Waals surface area contributed by atoms with Gasteiger partial charge in [0.25, 0.3) is 0 Å². The summed E-state index contributed by atoms with van der Waals surface area (Å²) in [5.74, 6) is 0.626. The van der Waals surface area contributed by atoms with Gasteiger partial charge >= 0.3 is 0 Å². The molecule has 0 aliphatic heterocycles. The highest BCUT2D eigenvalue weighted by Crippen LogP contribution is 2.43. The molecule has 224 valence electrons. The summed E-state index contributed by atoms with van der Waals surface area (Å²) in [5.41, 5.74) is 11.0. The molecule has 0 aliphatic carbocycles. The van der Waals surface area contributed by atoms with Crippen LogP contribution >= 0.6 is 0 Å². The Morgan fingerprint density at radius 2 is 1.06 bits per heavy atom. The number of hydrogen-bond donors (Lipinski definition) is 0. The summed E-state index contributed by atoms with van der Waals surface area (Å²) in [6.45, 7) is 0. The number of para-hydroxylation sites is 2. The van der Waals surface area contributed by atoms with Gasteiger partial charge in [-0.1, -0.05) is 133 Å². The number of aromatic nitrogens is 2. The lowest BCUT2D eigenvalue weighted by atomic mass is 9.93. The van der Waals surface area contributed by atoms with Crippen LogP contribution in [0, 0.1) is 0 Å². The van der Waals surface area contributed by atoms with Gasteiger partial charge in [-0.15, -0.1) is 0 Å². The summed E-state index contributed by atoms with van der Waals surface area (Å²) in [4.78, 5) is 10.5. The monoisotopic (exact) mass is 614 g/mol. The Balaban J connectivity index is 1.24. The molecule has 7 aromatic carbocycles. The number of benzene rings is 7. The minimum Gasteiger partial charge on any atom is -0.455 e. The second-order valence-corrected chi connectivity index (χ2v) is 12.1. The van der Waals surface area contributed by atoms with Gasteiger partial charge in [0.05, 0.1) is 0 Å². The van der Waals surface area contributed by atoms with E-state index in [4.69, 9.17) is 18.8 Å². The Labute approximate surface area is 275 Å². The van der Waals surface area contributed by atoms with Crippen LogP contribution in [-0.2, 0) is 0 Å². The van der Waals surface area contributed by atoms with Crippen molar-refractivity contribution in [3.8, 4) is 44.9 Å². The molecule has 4 heteroatoms. The first-order valence-corrected chi connectivity index (χ1v) is 16.1. The number of nitrogens with zero attached hydrogens (tertiary/aromatic N) is 2. The first-order valence-electron chi connectivity index (χ1n) is 16.1. The third kappa shape index (κ3) is 4.10. The van der Waals surface area contributed by atoms with E-state index in [0.717, 1.165) is 82.9 Å². The maximum absolute atomic E-state index is 6.72. The lowest BCUT2D eigenvalue weighted by molar-refractivity contribution is 0.667. The van der Waals surface area contributed by atoms with Gasteiger partial charge < -0.3 is 8.83 Å². The van der Waals surface area contributed by atoms with E-state index < -0.39 is 0 Å². The van der Waals surface area contributed by atoms with Crippen LogP contribution in [0.3, 0.4) is 0 Å². The highest BCUT2D eigenvalue weighted by molar-refractivity contribution is 6.16. The molecule has 0 saturated carbocycles. The predicted molar refractivity (Wildman–Crippen MR) is 196 cm³/mol. The Morgan fingerprint density at radius 1 is 0.396 bits per heavy atom. The summed E-state index contributed by atoms with van der Waals surface area (Å²) in [7, 11) is 0. The second-order valence-electron chi connectivity index (χ2n) is 12.1. The van der Waals surface area contributed by atoms with Gasteiger partial charge in [0.2, 0.25) is 0 Å². The van der Waals surface area contributed by atoms with Gasteiger partial charge in [-0.25, -0.2) is 9.97 Å². The van der Waals surface area contributed by atoms with Gasteiger partial charge in [-0.3, -0.25) is 0 Å². The third-order valence-corrected chi connectivity index (χ3v) is 9.31. The fraction of sp³-hybridized carbons (Fsp3) is 0. The molecule has 0 unspecified atom stereocenters. The van der Waals surface area contributed by atoms with Crippen molar-refractivity contribution in [1.82, 2.24) is 9.97 Å². The summed E-state index contributed by atoms with van der Waals surface area (Å²) >= 11 is 0. The van der Waals surface area contributed by atoms with Crippen molar-refractivity contribution >= 4 is 54.8 Å². The summed E-state index contributed by atoms with van der Waals surface area (Å²) < 4.78 is 13.2. The molecule has 48 heavy (non-hydrogen) atoms. The molecule has 3 heterocycles. The largest absolute Gasteiger partial charge is 0.455 e. The fourth-order valence-electron chi connectivity index (χ4n) is 7.08. The minimum absolute atomic E-state index is 0.626. The SMILES string of the molecule is c1ccc(-c2ccccc2-c2cccc3c2oc2cccc(-c4nc(-c5ccc6ccccc6c5)c5oc6ccccc6c5n4)c23)cc1. The van der Waals surface area contributed by atoms with Gasteiger partial charge in [0, 0.05) is 32.8 Å². The van der Waals surface area contributed by atoms with Crippen LogP contribution < -0.4 is 0 Å². The van der Waals surface area contributed by atoms with E-state index >= 15 is 0 Å². The number of fused-ring (bicyclic) bond motifs is 7. The molecule has 4 nitrogen and oxygen atoms in total. The maximum Gasteiger partial charge on any atom is 0.180 e. The predicted octanol–water partition coefficient (Wildman–Crippen LogP) is 12.1. The minimum atomic E-state index is 0.626. The van der Waals surface area contributed by atoms with Crippen molar-refractivity contribution in [1.29, 1.82) is 0 Å². The summed E-state index contributed by atoms with van der Waals surface area (Å²) in [6, 6.07) is 54.4. The first kappa shape index (κ1) is 26.7. The van der Waals surface area contributed by atoms with Crippen molar-refractivity contribution in [2.45, 2.75) is 0 Å². The standard InChI is InChI=1S/C44H26N2O2/c1-2-13-28(14-3-1)31-16-6-7-17-32(31)33-19-10-20-35-39-36(21-11-23-38(39)48-42(33)35)44-45-40(30-25-24-27-12-4-5-15-29(27)26-30)43-41(46-44)34-18-8-9-22-37(34)47-43/h1-26H. The summed E-state index contributed by atoms with van der Waals surface area (Å²) in [6.07, 6.45) is 0. The zero-order chi connectivity index (χ0) is 31.6. The lowest BCUT2D eigenvalue weighted by Gasteiger charge is -2.10. The van der Waals surface area contributed by atoms with Gasteiger partial charge in [-0.2, -0.15) is 0 Å². The van der Waals surface area contributed by atoms with Crippen LogP contribution in [0.5, 0.6) is 0 Å². The van der Waals surface area contributed by atoms with Crippen molar-refractivity contribution in [2.75, 3.05) is 0 Å². The molecule has 0 amide bonds. The van der Waals surface area contributed by atoms with E-state index in [1.807, 2.05) is 36.4 Å². The Bertz CT molecular complexity index is 2850. The van der Waals surface area contributed by atoms with Gasteiger partial charge in [0.15, 0.2) is 11.4 Å². The zero-order valence-corrected chi connectivity index (χ0v) is 25.7. The topological polar surface area (TPSA) is 52.1 Å². The van der Waals surface area contributed by atoms with Crippen molar-refractivity contribution < 1.29 is 8.83 Å². The van der Waals surface area contributed by atoms with Crippen molar-refractivity contribution in [2.24, 2.45) is 0 Å². The van der Waals surface area contributed by atoms with E-state index in [-0.39, 0.29) is 0 Å². The number of rotatable bonds is 4. The number of hydrogen-bond acceptors (Lipinski definition) is 4. The molecular formula is C44H26N2O2. The molecule has 0 saturated heterocycles. The van der Waals surface area contributed by atoms with E-state index in [1.165, 1.54) is 5.39 Å². The van der Waals surface area contributed by atoms with Crippen LogP contribution in [-0.4, -0.2) is 9.97 Å². The highest BCUT2D eigenvalue weighted by atomic mass is 16.3. The molecule has 10 aromatic rings. The van der Waals surface area contributed by atoms with Crippen molar-refractivity contribution in [3.05, 3.63) is 158 Å². The average molecular weight is 615 g/mol. The average Bonchev–Trinajstić information content (AvgIpc) is 3.73. The van der Waals surface area contributed by atoms with Crippen LogP contribution in [0.1, 0.15) is 0 Å². The molecule has 0 radical (unpaired) electrons. The molecule has 0 aliphatic rings. The molecule has 0 atom stereocenters. The smallest absolute Gasteiger partial charge is 0.180 e. The van der Waals surface area contributed by atoms with E-state index in [0.29, 0.717) is 11.4 Å². The van der Waals surface area contributed by atoms with Crippen LogP contribution in [0.4, 0.5) is 0 Å². The maximum atomic E-state index is 6.72. The highest BCUT2D eigenvalue weighted by Gasteiger charge is 2.22. The second kappa shape index (κ2) is 10.5. The normalized spacial score (nSPS) is 11.8.